The van der Waals surface area contributed by atoms with Crippen molar-refractivity contribution in [2.45, 2.75) is 9.79 Å². The fourth-order valence-corrected chi connectivity index (χ4v) is 4.42. The van der Waals surface area contributed by atoms with Gasteiger partial charge < -0.3 is 0 Å². The van der Waals surface area contributed by atoms with Crippen LogP contribution in [0.1, 0.15) is 0 Å². The van der Waals surface area contributed by atoms with Gasteiger partial charge in [-0.25, -0.2) is 0 Å². The standard InChI is InChI=1S/C24H18O6S2/c25-31(26,27)23-11-9-18(10-12-23)21-13-20(17-5-2-1-3-6-17)14-22(15-21)19-7-4-8-24(16-19)32(28,29)30/h1-16H,(H,25,26,27)(H,28,29,30). The lowest BCUT2D eigenvalue weighted by Crippen LogP contribution is -1.98. The number of rotatable bonds is 5. The summed E-state index contributed by atoms with van der Waals surface area (Å²) < 4.78 is 64.6. The highest BCUT2D eigenvalue weighted by Crippen LogP contribution is 2.34. The number of hydrogen-bond acceptors (Lipinski definition) is 4. The lowest BCUT2D eigenvalue weighted by molar-refractivity contribution is 0.481. The van der Waals surface area contributed by atoms with Crippen molar-refractivity contribution in [3.63, 3.8) is 0 Å². The second kappa shape index (κ2) is 8.33. The molecule has 0 radical (unpaired) electrons. The van der Waals surface area contributed by atoms with Crippen molar-refractivity contribution in [2.24, 2.45) is 0 Å². The van der Waals surface area contributed by atoms with Gasteiger partial charge in [0.1, 0.15) is 0 Å². The summed E-state index contributed by atoms with van der Waals surface area (Å²) in [6, 6.07) is 27.1. The summed E-state index contributed by atoms with van der Waals surface area (Å²) in [6.45, 7) is 0. The Labute approximate surface area is 186 Å². The van der Waals surface area contributed by atoms with Gasteiger partial charge in [0.15, 0.2) is 0 Å². The van der Waals surface area contributed by atoms with Gasteiger partial charge in [-0.1, -0.05) is 54.6 Å². The molecule has 0 fully saturated rings. The van der Waals surface area contributed by atoms with Gasteiger partial charge in [-0.15, -0.1) is 0 Å². The van der Waals surface area contributed by atoms with E-state index < -0.39 is 20.2 Å². The molecule has 8 heteroatoms. The molecule has 0 saturated carbocycles. The second-order valence-electron chi connectivity index (χ2n) is 7.17. The average molecular weight is 467 g/mol. The Morgan fingerprint density at radius 3 is 1.41 bits per heavy atom. The van der Waals surface area contributed by atoms with Gasteiger partial charge in [0.05, 0.1) is 9.79 Å². The number of benzene rings is 4. The van der Waals surface area contributed by atoms with Crippen LogP contribution in [-0.2, 0) is 20.2 Å². The Hall–Kier alpha value is -3.30. The molecule has 6 nitrogen and oxygen atoms in total. The summed E-state index contributed by atoms with van der Waals surface area (Å²) in [7, 11) is -8.66. The first-order valence-corrected chi connectivity index (χ1v) is 12.4. The summed E-state index contributed by atoms with van der Waals surface area (Å²) in [5.74, 6) is 0. The molecule has 2 N–H and O–H groups in total. The fraction of sp³-hybridized carbons (Fsp3) is 0. The van der Waals surface area contributed by atoms with E-state index in [0.717, 1.165) is 16.7 Å². The van der Waals surface area contributed by atoms with Crippen LogP contribution in [0.15, 0.2) is 107 Å². The Balaban J connectivity index is 1.90. The molecule has 4 aromatic carbocycles. The van der Waals surface area contributed by atoms with Crippen LogP contribution in [0.3, 0.4) is 0 Å². The molecule has 0 aromatic heterocycles. The third-order valence-corrected chi connectivity index (χ3v) is 6.71. The van der Waals surface area contributed by atoms with Crippen LogP contribution in [0.25, 0.3) is 33.4 Å². The minimum Gasteiger partial charge on any atom is -0.282 e. The van der Waals surface area contributed by atoms with E-state index in [-0.39, 0.29) is 9.79 Å². The minimum atomic E-state index is -4.36. The summed E-state index contributed by atoms with van der Waals surface area (Å²) in [6.07, 6.45) is 0. The average Bonchev–Trinajstić information content (AvgIpc) is 2.78. The van der Waals surface area contributed by atoms with E-state index in [2.05, 4.69) is 0 Å². The summed E-state index contributed by atoms with van der Waals surface area (Å²) in [5.41, 5.74) is 4.59. The van der Waals surface area contributed by atoms with Crippen LogP contribution in [0.4, 0.5) is 0 Å². The van der Waals surface area contributed by atoms with Crippen molar-refractivity contribution in [3.8, 4) is 33.4 Å². The topological polar surface area (TPSA) is 109 Å². The van der Waals surface area contributed by atoms with Crippen molar-refractivity contribution < 1.29 is 25.9 Å². The van der Waals surface area contributed by atoms with Crippen molar-refractivity contribution in [3.05, 3.63) is 97.1 Å². The van der Waals surface area contributed by atoms with E-state index in [1.165, 1.54) is 24.3 Å². The molecule has 0 bridgehead atoms. The van der Waals surface area contributed by atoms with Gasteiger partial charge in [0.2, 0.25) is 0 Å². The number of hydrogen-bond donors (Lipinski definition) is 2. The third-order valence-electron chi connectivity index (χ3n) is 4.99. The third kappa shape index (κ3) is 4.79. The first-order valence-electron chi connectivity index (χ1n) is 9.48. The monoisotopic (exact) mass is 466 g/mol. The van der Waals surface area contributed by atoms with Crippen LogP contribution in [0.5, 0.6) is 0 Å². The smallest absolute Gasteiger partial charge is 0.282 e. The molecule has 0 aliphatic rings. The summed E-state index contributed by atoms with van der Waals surface area (Å²) in [4.78, 5) is -0.416. The molecular weight excluding hydrogens is 448 g/mol. The molecule has 0 aliphatic carbocycles. The zero-order chi connectivity index (χ0) is 22.9. The lowest BCUT2D eigenvalue weighted by atomic mass is 9.93. The van der Waals surface area contributed by atoms with Gasteiger partial charge in [0.25, 0.3) is 20.2 Å². The van der Waals surface area contributed by atoms with Crippen LogP contribution in [-0.4, -0.2) is 25.9 Å². The molecule has 0 spiro atoms. The van der Waals surface area contributed by atoms with E-state index in [0.29, 0.717) is 16.7 Å². The molecule has 0 atom stereocenters. The molecule has 32 heavy (non-hydrogen) atoms. The highest BCUT2D eigenvalue weighted by molar-refractivity contribution is 7.86. The zero-order valence-corrected chi connectivity index (χ0v) is 18.2. The predicted molar refractivity (Wildman–Crippen MR) is 122 cm³/mol. The largest absolute Gasteiger partial charge is 0.294 e. The Morgan fingerprint density at radius 1 is 0.406 bits per heavy atom. The van der Waals surface area contributed by atoms with Gasteiger partial charge in [0, 0.05) is 0 Å². The molecule has 0 heterocycles. The molecule has 0 unspecified atom stereocenters. The van der Waals surface area contributed by atoms with E-state index >= 15 is 0 Å². The summed E-state index contributed by atoms with van der Waals surface area (Å²) >= 11 is 0. The van der Waals surface area contributed by atoms with Gasteiger partial charge in [-0.3, -0.25) is 9.11 Å². The Kier molecular flexibility index (Phi) is 5.70. The second-order valence-corrected chi connectivity index (χ2v) is 10.0. The van der Waals surface area contributed by atoms with Crippen molar-refractivity contribution in [1.82, 2.24) is 0 Å². The van der Waals surface area contributed by atoms with Gasteiger partial charge >= 0.3 is 0 Å². The maximum Gasteiger partial charge on any atom is 0.294 e. The van der Waals surface area contributed by atoms with E-state index in [4.69, 9.17) is 0 Å². The van der Waals surface area contributed by atoms with Gasteiger partial charge in [-0.2, -0.15) is 16.8 Å². The Morgan fingerprint density at radius 2 is 0.875 bits per heavy atom. The molecule has 0 aliphatic heterocycles. The van der Waals surface area contributed by atoms with Crippen molar-refractivity contribution >= 4 is 20.2 Å². The first-order chi connectivity index (χ1) is 15.1. The van der Waals surface area contributed by atoms with E-state index in [9.17, 15) is 25.9 Å². The van der Waals surface area contributed by atoms with Crippen molar-refractivity contribution in [1.29, 1.82) is 0 Å². The maximum atomic E-state index is 11.6. The van der Waals surface area contributed by atoms with Crippen LogP contribution in [0, 0.1) is 0 Å². The predicted octanol–water partition coefficient (Wildman–Crippen LogP) is 5.18. The quantitative estimate of drug-likeness (QED) is 0.392. The van der Waals surface area contributed by atoms with Crippen molar-refractivity contribution in [2.75, 3.05) is 0 Å². The molecule has 0 saturated heterocycles. The van der Waals surface area contributed by atoms with Crippen LogP contribution in [0.2, 0.25) is 0 Å². The normalized spacial score (nSPS) is 11.9. The molecule has 162 valence electrons. The SMILES string of the molecule is O=S(=O)(O)c1ccc(-c2cc(-c3ccccc3)cc(-c3cccc(S(=O)(=O)O)c3)c2)cc1. The molecular formula is C24H18O6S2. The maximum absolute atomic E-state index is 11.6. The zero-order valence-electron chi connectivity index (χ0n) is 16.6. The highest BCUT2D eigenvalue weighted by atomic mass is 32.2. The van der Waals surface area contributed by atoms with E-state index in [1.807, 2.05) is 48.5 Å². The first kappa shape index (κ1) is 21.9. The van der Waals surface area contributed by atoms with Gasteiger partial charge in [-0.05, 0) is 75.8 Å². The molecule has 4 rings (SSSR count). The molecule has 0 amide bonds. The van der Waals surface area contributed by atoms with Crippen LogP contribution < -0.4 is 0 Å². The minimum absolute atomic E-state index is 0.207. The lowest BCUT2D eigenvalue weighted by Gasteiger charge is -2.12. The fourth-order valence-electron chi connectivity index (χ4n) is 3.41. The summed E-state index contributed by atoms with van der Waals surface area (Å²) in [5, 5.41) is 0. The highest BCUT2D eigenvalue weighted by Gasteiger charge is 2.13. The van der Waals surface area contributed by atoms with Crippen LogP contribution >= 0.6 is 0 Å². The van der Waals surface area contributed by atoms with E-state index in [1.54, 1.807) is 24.3 Å². The Bertz CT molecular complexity index is 1490. The molecule has 4 aromatic rings.